The van der Waals surface area contributed by atoms with Crippen LogP contribution in [0.15, 0.2) is 0 Å². The van der Waals surface area contributed by atoms with Crippen molar-refractivity contribution in [1.29, 1.82) is 0 Å². The number of rotatable bonds is 3. The molecule has 0 aromatic rings. The first-order valence-electron chi connectivity index (χ1n) is 7.15. The van der Waals surface area contributed by atoms with E-state index in [4.69, 9.17) is 0 Å². The van der Waals surface area contributed by atoms with Crippen LogP contribution in [0.2, 0.25) is 0 Å². The molecule has 1 fully saturated rings. The van der Waals surface area contributed by atoms with Gasteiger partial charge in [0.25, 0.3) is 0 Å². The molecule has 0 amide bonds. The van der Waals surface area contributed by atoms with E-state index in [0.29, 0.717) is 5.41 Å². The van der Waals surface area contributed by atoms with Crippen molar-refractivity contribution in [2.24, 2.45) is 11.3 Å². The van der Waals surface area contributed by atoms with Gasteiger partial charge in [0.15, 0.2) is 0 Å². The zero-order chi connectivity index (χ0) is 12.4. The highest BCUT2D eigenvalue weighted by atomic mass is 15.4. The van der Waals surface area contributed by atoms with Crippen molar-refractivity contribution >= 4 is 0 Å². The predicted octanol–water partition coefficient (Wildman–Crippen LogP) is 4.08. The Kier molecular flexibility index (Phi) is 4.45. The van der Waals surface area contributed by atoms with Gasteiger partial charge in [0, 0.05) is 18.8 Å². The summed E-state index contributed by atoms with van der Waals surface area (Å²) in [5.74, 6) is 0.824. The summed E-state index contributed by atoms with van der Waals surface area (Å²) in [5, 5.41) is 0. The standard InChI is InChI=1S/C15H32N/c1-7-11-16(6)12-10-15(4,5)9-8-14(16)13(2)3/h13-14H,7-12H2,1-6H3/q+1. The quantitative estimate of drug-likeness (QED) is 0.636. The van der Waals surface area contributed by atoms with Crippen molar-refractivity contribution in [3.05, 3.63) is 0 Å². The van der Waals surface area contributed by atoms with Gasteiger partial charge in [-0.25, -0.2) is 0 Å². The Bertz CT molecular complexity index is 219. The second kappa shape index (κ2) is 5.08. The molecule has 1 saturated heterocycles. The van der Waals surface area contributed by atoms with E-state index in [1.807, 2.05) is 0 Å². The Morgan fingerprint density at radius 3 is 2.38 bits per heavy atom. The van der Waals surface area contributed by atoms with E-state index in [1.54, 1.807) is 0 Å². The molecule has 0 radical (unpaired) electrons. The minimum Gasteiger partial charge on any atom is -0.323 e. The molecule has 16 heavy (non-hydrogen) atoms. The van der Waals surface area contributed by atoms with Gasteiger partial charge < -0.3 is 4.48 Å². The van der Waals surface area contributed by atoms with Crippen LogP contribution in [0.1, 0.15) is 60.3 Å². The van der Waals surface area contributed by atoms with Crippen LogP contribution < -0.4 is 0 Å². The normalized spacial score (nSPS) is 35.1. The molecule has 2 unspecified atom stereocenters. The molecule has 1 aliphatic heterocycles. The topological polar surface area (TPSA) is 0 Å². The van der Waals surface area contributed by atoms with E-state index in [-0.39, 0.29) is 0 Å². The molecule has 1 rings (SSSR count). The fourth-order valence-electron chi connectivity index (χ4n) is 3.54. The van der Waals surface area contributed by atoms with Crippen molar-refractivity contribution in [3.8, 4) is 0 Å². The van der Waals surface area contributed by atoms with Gasteiger partial charge in [-0.1, -0.05) is 34.6 Å². The van der Waals surface area contributed by atoms with Gasteiger partial charge in [-0.15, -0.1) is 0 Å². The van der Waals surface area contributed by atoms with E-state index < -0.39 is 0 Å². The first-order valence-corrected chi connectivity index (χ1v) is 7.15. The predicted molar refractivity (Wildman–Crippen MR) is 72.5 cm³/mol. The highest BCUT2D eigenvalue weighted by molar-refractivity contribution is 4.77. The van der Waals surface area contributed by atoms with Crippen molar-refractivity contribution in [3.63, 3.8) is 0 Å². The lowest BCUT2D eigenvalue weighted by Crippen LogP contribution is -2.54. The third-order valence-electron chi connectivity index (χ3n) is 4.72. The van der Waals surface area contributed by atoms with Gasteiger partial charge in [0.2, 0.25) is 0 Å². The maximum atomic E-state index is 2.50. The maximum absolute atomic E-state index is 2.50. The highest BCUT2D eigenvalue weighted by Crippen LogP contribution is 2.37. The zero-order valence-electron chi connectivity index (χ0n) is 12.3. The molecule has 0 spiro atoms. The smallest absolute Gasteiger partial charge is 0.0911 e. The third kappa shape index (κ3) is 3.23. The Hall–Kier alpha value is -0.0400. The summed E-state index contributed by atoms with van der Waals surface area (Å²) >= 11 is 0. The number of quaternary nitrogens is 1. The van der Waals surface area contributed by atoms with Crippen LogP contribution in [-0.2, 0) is 0 Å². The van der Waals surface area contributed by atoms with E-state index in [2.05, 4.69) is 41.7 Å². The maximum Gasteiger partial charge on any atom is 0.0911 e. The lowest BCUT2D eigenvalue weighted by Gasteiger charge is -2.42. The molecule has 0 N–H and O–H groups in total. The fourth-order valence-corrected chi connectivity index (χ4v) is 3.54. The van der Waals surface area contributed by atoms with Crippen LogP contribution in [0.5, 0.6) is 0 Å². The molecular weight excluding hydrogens is 194 g/mol. The van der Waals surface area contributed by atoms with Crippen molar-refractivity contribution in [2.75, 3.05) is 20.1 Å². The van der Waals surface area contributed by atoms with Gasteiger partial charge in [-0.3, -0.25) is 0 Å². The SMILES string of the molecule is CCC[N+]1(C)CCC(C)(C)CCC1C(C)C. The number of nitrogens with zero attached hydrogens (tertiary/aromatic N) is 1. The number of hydrogen-bond acceptors (Lipinski definition) is 0. The summed E-state index contributed by atoms with van der Waals surface area (Å²) < 4.78 is 1.32. The average Bonchev–Trinajstić information content (AvgIpc) is 2.25. The number of hydrogen-bond donors (Lipinski definition) is 0. The molecular formula is C15H32N+. The summed E-state index contributed by atoms with van der Waals surface area (Å²) in [7, 11) is 2.50. The second-order valence-corrected chi connectivity index (χ2v) is 7.19. The second-order valence-electron chi connectivity index (χ2n) is 7.19. The van der Waals surface area contributed by atoms with Crippen molar-refractivity contribution < 1.29 is 4.48 Å². The van der Waals surface area contributed by atoms with Gasteiger partial charge in [-0.2, -0.15) is 0 Å². The molecule has 1 nitrogen and oxygen atoms in total. The third-order valence-corrected chi connectivity index (χ3v) is 4.72. The van der Waals surface area contributed by atoms with Crippen LogP contribution in [0.25, 0.3) is 0 Å². The monoisotopic (exact) mass is 226 g/mol. The summed E-state index contributed by atoms with van der Waals surface area (Å²) in [5.41, 5.74) is 0.566. The minimum atomic E-state index is 0.566. The summed E-state index contributed by atoms with van der Waals surface area (Å²) in [4.78, 5) is 0. The Labute approximate surface area is 103 Å². The van der Waals surface area contributed by atoms with Gasteiger partial charge in [-0.05, 0) is 18.3 Å². The van der Waals surface area contributed by atoms with E-state index in [9.17, 15) is 0 Å². The largest absolute Gasteiger partial charge is 0.323 e. The summed E-state index contributed by atoms with van der Waals surface area (Å²) in [6.07, 6.45) is 5.54. The minimum absolute atomic E-state index is 0.566. The zero-order valence-corrected chi connectivity index (χ0v) is 12.3. The van der Waals surface area contributed by atoms with E-state index in [1.165, 1.54) is 43.3 Å². The van der Waals surface area contributed by atoms with Gasteiger partial charge in [0.05, 0.1) is 26.2 Å². The lowest BCUT2D eigenvalue weighted by atomic mass is 9.84. The molecule has 2 atom stereocenters. The highest BCUT2D eigenvalue weighted by Gasteiger charge is 2.39. The van der Waals surface area contributed by atoms with Crippen LogP contribution >= 0.6 is 0 Å². The van der Waals surface area contributed by atoms with Crippen LogP contribution in [-0.4, -0.2) is 30.7 Å². The molecule has 0 aromatic heterocycles. The van der Waals surface area contributed by atoms with Crippen LogP contribution in [0, 0.1) is 11.3 Å². The molecule has 0 aliphatic carbocycles. The fraction of sp³-hybridized carbons (Fsp3) is 1.00. The Morgan fingerprint density at radius 1 is 1.25 bits per heavy atom. The van der Waals surface area contributed by atoms with Gasteiger partial charge >= 0.3 is 0 Å². The van der Waals surface area contributed by atoms with Gasteiger partial charge in [0.1, 0.15) is 0 Å². The Morgan fingerprint density at radius 2 is 1.88 bits per heavy atom. The molecule has 1 heterocycles. The van der Waals surface area contributed by atoms with Crippen LogP contribution in [0.3, 0.4) is 0 Å². The first-order chi connectivity index (χ1) is 7.31. The molecule has 0 aromatic carbocycles. The summed E-state index contributed by atoms with van der Waals surface area (Å²) in [6.45, 7) is 14.8. The van der Waals surface area contributed by atoms with E-state index >= 15 is 0 Å². The molecule has 96 valence electrons. The first kappa shape index (κ1) is 14.0. The average molecular weight is 226 g/mol. The molecule has 1 heteroatoms. The van der Waals surface area contributed by atoms with E-state index in [0.717, 1.165) is 12.0 Å². The van der Waals surface area contributed by atoms with Crippen molar-refractivity contribution in [2.45, 2.75) is 66.3 Å². The number of likely N-dealkylation sites (tertiary alicyclic amines) is 1. The summed E-state index contributed by atoms with van der Waals surface area (Å²) in [6, 6.07) is 0.877. The molecule has 0 saturated carbocycles. The van der Waals surface area contributed by atoms with Crippen LogP contribution in [0.4, 0.5) is 0 Å². The lowest BCUT2D eigenvalue weighted by molar-refractivity contribution is -0.936. The molecule has 0 bridgehead atoms. The molecule has 1 aliphatic rings. The Balaban J connectivity index is 2.84. The van der Waals surface area contributed by atoms with Crippen molar-refractivity contribution in [1.82, 2.24) is 0 Å².